The summed E-state index contributed by atoms with van der Waals surface area (Å²) in [5.41, 5.74) is 2.08. The lowest BCUT2D eigenvalue weighted by molar-refractivity contribution is 0.102. The van der Waals surface area contributed by atoms with Crippen LogP contribution in [0.3, 0.4) is 0 Å². The second-order valence-corrected chi connectivity index (χ2v) is 6.89. The van der Waals surface area contributed by atoms with E-state index in [1.807, 2.05) is 36.4 Å². The molecule has 0 atom stereocenters. The third kappa shape index (κ3) is 5.08. The van der Waals surface area contributed by atoms with Gasteiger partial charge < -0.3 is 5.32 Å². The molecule has 0 fully saturated rings. The van der Waals surface area contributed by atoms with Gasteiger partial charge in [0.2, 0.25) is 0 Å². The van der Waals surface area contributed by atoms with Gasteiger partial charge in [0.1, 0.15) is 5.82 Å². The Kier molecular flexibility index (Phi) is 5.74. The number of rotatable bonds is 5. The molecule has 1 N–H and O–H groups in total. The lowest BCUT2D eigenvalue weighted by atomic mass is 10.1. The average molecular weight is 372 g/mol. The minimum atomic E-state index is -0.382. The first kappa shape index (κ1) is 17.5. The van der Waals surface area contributed by atoms with Gasteiger partial charge in [-0.05, 0) is 60.2 Å². The molecule has 25 heavy (non-hydrogen) atoms. The zero-order valence-electron chi connectivity index (χ0n) is 13.2. The Labute approximate surface area is 155 Å². The molecule has 0 heterocycles. The van der Waals surface area contributed by atoms with Crippen molar-refractivity contribution >= 4 is 35.0 Å². The van der Waals surface area contributed by atoms with Crippen molar-refractivity contribution < 1.29 is 9.18 Å². The van der Waals surface area contributed by atoms with Gasteiger partial charge in [-0.25, -0.2) is 4.39 Å². The number of thioether (sulfide) groups is 1. The summed E-state index contributed by atoms with van der Waals surface area (Å²) < 4.78 is 13.2. The highest BCUT2D eigenvalue weighted by Gasteiger charge is 2.07. The highest BCUT2D eigenvalue weighted by Crippen LogP contribution is 2.24. The molecule has 1 amide bonds. The van der Waals surface area contributed by atoms with Crippen molar-refractivity contribution in [1.82, 2.24) is 0 Å². The summed E-state index contributed by atoms with van der Waals surface area (Å²) in [4.78, 5) is 13.3. The van der Waals surface area contributed by atoms with Crippen molar-refractivity contribution in [3.63, 3.8) is 0 Å². The normalized spacial score (nSPS) is 10.5. The fraction of sp³-hybridized carbons (Fsp3) is 0.0500. The van der Waals surface area contributed by atoms with E-state index in [4.69, 9.17) is 11.6 Å². The van der Waals surface area contributed by atoms with Gasteiger partial charge in [-0.3, -0.25) is 4.79 Å². The van der Waals surface area contributed by atoms with Crippen molar-refractivity contribution in [2.24, 2.45) is 0 Å². The number of hydrogen-bond acceptors (Lipinski definition) is 2. The standard InChI is InChI=1S/C20H15ClFNOS/c21-16-8-10-19(11-9-16)25-13-14-4-6-15(7-5-14)20(24)23-18-3-1-2-17(22)12-18/h1-12H,13H2,(H,23,24). The number of nitrogens with one attached hydrogen (secondary N) is 1. The van der Waals surface area contributed by atoms with Crippen LogP contribution in [0, 0.1) is 5.82 Å². The smallest absolute Gasteiger partial charge is 0.255 e. The van der Waals surface area contributed by atoms with Crippen LogP contribution in [0.1, 0.15) is 15.9 Å². The first-order valence-corrected chi connectivity index (χ1v) is 9.01. The zero-order chi connectivity index (χ0) is 17.6. The van der Waals surface area contributed by atoms with Crippen molar-refractivity contribution in [3.8, 4) is 0 Å². The molecule has 0 aliphatic carbocycles. The van der Waals surface area contributed by atoms with Crippen LogP contribution in [0.5, 0.6) is 0 Å². The predicted octanol–water partition coefficient (Wildman–Crippen LogP) is 6.02. The van der Waals surface area contributed by atoms with E-state index in [1.54, 1.807) is 36.0 Å². The third-order valence-corrected chi connectivity index (χ3v) is 4.85. The van der Waals surface area contributed by atoms with Crippen LogP contribution in [0.15, 0.2) is 77.7 Å². The Balaban J connectivity index is 1.59. The van der Waals surface area contributed by atoms with Gasteiger partial charge in [-0.1, -0.05) is 29.8 Å². The molecule has 3 rings (SSSR count). The van der Waals surface area contributed by atoms with Crippen molar-refractivity contribution in [2.45, 2.75) is 10.6 Å². The summed E-state index contributed by atoms with van der Waals surface area (Å²) >= 11 is 7.57. The minimum absolute atomic E-state index is 0.262. The van der Waals surface area contributed by atoms with E-state index >= 15 is 0 Å². The van der Waals surface area contributed by atoms with Gasteiger partial charge in [0.15, 0.2) is 0 Å². The van der Waals surface area contributed by atoms with E-state index < -0.39 is 0 Å². The highest BCUT2D eigenvalue weighted by atomic mass is 35.5. The summed E-state index contributed by atoms with van der Waals surface area (Å²) in [5.74, 6) is 0.155. The van der Waals surface area contributed by atoms with Gasteiger partial charge in [0.25, 0.3) is 5.91 Å². The Bertz CT molecular complexity index is 866. The first-order chi connectivity index (χ1) is 12.1. The van der Waals surface area contributed by atoms with E-state index in [9.17, 15) is 9.18 Å². The SMILES string of the molecule is O=C(Nc1cccc(F)c1)c1ccc(CSc2ccc(Cl)cc2)cc1. The largest absolute Gasteiger partial charge is 0.322 e. The second kappa shape index (κ2) is 8.19. The van der Waals surface area contributed by atoms with E-state index in [1.165, 1.54) is 12.1 Å². The molecule has 0 aliphatic rings. The van der Waals surface area contributed by atoms with Crippen molar-refractivity contribution in [3.05, 3.63) is 94.8 Å². The number of halogens is 2. The second-order valence-electron chi connectivity index (χ2n) is 5.40. The molecule has 3 aromatic carbocycles. The summed E-state index contributed by atoms with van der Waals surface area (Å²) in [6.07, 6.45) is 0. The van der Waals surface area contributed by atoms with Crippen LogP contribution in [0.25, 0.3) is 0 Å². The monoisotopic (exact) mass is 371 g/mol. The number of hydrogen-bond donors (Lipinski definition) is 1. The maximum Gasteiger partial charge on any atom is 0.255 e. The zero-order valence-corrected chi connectivity index (χ0v) is 14.8. The minimum Gasteiger partial charge on any atom is -0.322 e. The summed E-state index contributed by atoms with van der Waals surface area (Å²) in [6.45, 7) is 0. The number of carbonyl (C=O) groups excluding carboxylic acids is 1. The first-order valence-electron chi connectivity index (χ1n) is 7.64. The van der Waals surface area contributed by atoms with E-state index in [0.717, 1.165) is 21.2 Å². The van der Waals surface area contributed by atoms with Crippen molar-refractivity contribution in [1.29, 1.82) is 0 Å². The molecule has 0 saturated heterocycles. The molecule has 0 spiro atoms. The lowest BCUT2D eigenvalue weighted by Crippen LogP contribution is -2.11. The van der Waals surface area contributed by atoms with Gasteiger partial charge in [-0.15, -0.1) is 11.8 Å². The molecule has 2 nitrogen and oxygen atoms in total. The van der Waals surface area contributed by atoms with Crippen LogP contribution in [-0.4, -0.2) is 5.91 Å². The molecule has 0 radical (unpaired) electrons. The fourth-order valence-electron chi connectivity index (χ4n) is 2.22. The fourth-order valence-corrected chi connectivity index (χ4v) is 3.20. The summed E-state index contributed by atoms with van der Waals surface area (Å²) in [6, 6.07) is 20.9. The Morgan fingerprint density at radius 2 is 1.72 bits per heavy atom. The maximum atomic E-state index is 13.2. The predicted molar refractivity (Wildman–Crippen MR) is 102 cm³/mol. The van der Waals surface area contributed by atoms with Crippen LogP contribution >= 0.6 is 23.4 Å². The maximum absolute atomic E-state index is 13.2. The van der Waals surface area contributed by atoms with E-state index in [0.29, 0.717) is 11.3 Å². The van der Waals surface area contributed by atoms with Crippen LogP contribution in [0.2, 0.25) is 5.02 Å². The highest BCUT2D eigenvalue weighted by molar-refractivity contribution is 7.98. The summed E-state index contributed by atoms with van der Waals surface area (Å²) in [5, 5.41) is 3.41. The van der Waals surface area contributed by atoms with Gasteiger partial charge in [-0.2, -0.15) is 0 Å². The molecule has 0 saturated carbocycles. The van der Waals surface area contributed by atoms with E-state index in [-0.39, 0.29) is 11.7 Å². The molecule has 0 aliphatic heterocycles. The molecule has 0 bridgehead atoms. The summed E-state index contributed by atoms with van der Waals surface area (Å²) in [7, 11) is 0. The van der Waals surface area contributed by atoms with Gasteiger partial charge >= 0.3 is 0 Å². The molecular formula is C20H15ClFNOS. The molecule has 0 aromatic heterocycles. The number of amides is 1. The average Bonchev–Trinajstić information content (AvgIpc) is 2.62. The Hall–Kier alpha value is -2.30. The molecular weight excluding hydrogens is 357 g/mol. The third-order valence-electron chi connectivity index (χ3n) is 3.52. The molecule has 126 valence electrons. The van der Waals surface area contributed by atoms with Crippen molar-refractivity contribution in [2.75, 3.05) is 5.32 Å². The van der Waals surface area contributed by atoms with Gasteiger partial charge in [0.05, 0.1) is 0 Å². The lowest BCUT2D eigenvalue weighted by Gasteiger charge is -2.07. The molecule has 0 unspecified atom stereocenters. The Morgan fingerprint density at radius 3 is 2.40 bits per heavy atom. The quantitative estimate of drug-likeness (QED) is 0.555. The Morgan fingerprint density at radius 1 is 1.00 bits per heavy atom. The van der Waals surface area contributed by atoms with Crippen LogP contribution in [-0.2, 0) is 5.75 Å². The topological polar surface area (TPSA) is 29.1 Å². The molecule has 5 heteroatoms. The number of benzene rings is 3. The van der Waals surface area contributed by atoms with Gasteiger partial charge in [0, 0.05) is 26.9 Å². The van der Waals surface area contributed by atoms with Crippen LogP contribution in [0.4, 0.5) is 10.1 Å². The number of carbonyl (C=O) groups is 1. The molecule has 3 aromatic rings. The number of anilines is 1. The van der Waals surface area contributed by atoms with Crippen LogP contribution < -0.4 is 5.32 Å². The van der Waals surface area contributed by atoms with E-state index in [2.05, 4.69) is 5.32 Å².